The maximum atomic E-state index is 12.1. The quantitative estimate of drug-likeness (QED) is 0.301. The summed E-state index contributed by atoms with van der Waals surface area (Å²) in [6.45, 7) is 7.10. The van der Waals surface area contributed by atoms with E-state index in [1.165, 1.54) is 11.6 Å². The van der Waals surface area contributed by atoms with E-state index < -0.39 is 5.97 Å². The van der Waals surface area contributed by atoms with Crippen LogP contribution in [0.4, 0.5) is 0 Å². The molecule has 2 rings (SSSR count). The van der Waals surface area contributed by atoms with Crippen LogP contribution in [0.15, 0.2) is 48.5 Å². The van der Waals surface area contributed by atoms with Crippen LogP contribution in [0.3, 0.4) is 0 Å². The minimum atomic E-state index is -0.417. The normalized spacial score (nSPS) is 11.0. The molecule has 0 amide bonds. The molecule has 0 aliphatic carbocycles. The minimum absolute atomic E-state index is 0.417. The molecular formula is C24H30O4. The molecule has 0 atom stereocenters. The van der Waals surface area contributed by atoms with E-state index in [-0.39, 0.29) is 0 Å². The van der Waals surface area contributed by atoms with E-state index in [9.17, 15) is 4.79 Å². The lowest BCUT2D eigenvalue weighted by molar-refractivity contribution is -0.128. The van der Waals surface area contributed by atoms with Gasteiger partial charge in [0.1, 0.15) is 5.75 Å². The van der Waals surface area contributed by atoms with Crippen molar-refractivity contribution in [3.05, 3.63) is 59.7 Å². The molecule has 0 aliphatic rings. The first-order chi connectivity index (χ1) is 13.5. The van der Waals surface area contributed by atoms with Crippen LogP contribution < -0.4 is 14.2 Å². The largest absolute Gasteiger partial charge is 0.493 e. The topological polar surface area (TPSA) is 44.8 Å². The molecule has 0 unspecified atom stereocenters. The Morgan fingerprint density at radius 1 is 1.07 bits per heavy atom. The van der Waals surface area contributed by atoms with Crippen molar-refractivity contribution in [2.45, 2.75) is 40.0 Å². The monoisotopic (exact) mass is 382 g/mol. The van der Waals surface area contributed by atoms with Crippen LogP contribution in [-0.4, -0.2) is 19.7 Å². The van der Waals surface area contributed by atoms with Crippen molar-refractivity contribution >= 4 is 12.0 Å². The number of carbonyl (C=O) groups excluding carboxylic acids is 1. The number of hydrogen-bond donors (Lipinski definition) is 0. The fourth-order valence-corrected chi connectivity index (χ4v) is 2.64. The van der Waals surface area contributed by atoms with Crippen LogP contribution >= 0.6 is 0 Å². The minimum Gasteiger partial charge on any atom is -0.493 e. The zero-order valence-corrected chi connectivity index (χ0v) is 17.2. The molecule has 0 fully saturated rings. The van der Waals surface area contributed by atoms with Crippen LogP contribution in [0.2, 0.25) is 0 Å². The summed E-state index contributed by atoms with van der Waals surface area (Å²) in [5.74, 6) is 2.06. The standard InChI is InChI=1S/C24H30O4/c1-5-6-19-7-11-21(12-8-19)28-24(25)14-10-20-9-13-22(23(17-20)26-4)27-16-15-18(2)3/h7-14,17-18H,5-6,15-16H2,1-4H3/b14-10+. The van der Waals surface area contributed by atoms with Crippen molar-refractivity contribution < 1.29 is 19.0 Å². The van der Waals surface area contributed by atoms with Crippen LogP contribution in [0.1, 0.15) is 44.7 Å². The molecule has 2 aromatic rings. The van der Waals surface area contributed by atoms with Gasteiger partial charge < -0.3 is 14.2 Å². The van der Waals surface area contributed by atoms with Gasteiger partial charge in [0.05, 0.1) is 13.7 Å². The Morgan fingerprint density at radius 3 is 2.46 bits per heavy atom. The third-order valence-corrected chi connectivity index (χ3v) is 4.23. The number of esters is 1. The fraction of sp³-hybridized carbons (Fsp3) is 0.375. The second-order valence-corrected chi connectivity index (χ2v) is 7.09. The Labute approximate surface area is 168 Å². The average Bonchev–Trinajstić information content (AvgIpc) is 2.68. The predicted molar refractivity (Wildman–Crippen MR) is 113 cm³/mol. The third kappa shape index (κ3) is 7.10. The number of ether oxygens (including phenoxy) is 3. The molecule has 0 saturated carbocycles. The first-order valence-corrected chi connectivity index (χ1v) is 9.81. The van der Waals surface area contributed by atoms with Crippen LogP contribution in [-0.2, 0) is 11.2 Å². The summed E-state index contributed by atoms with van der Waals surface area (Å²) in [4.78, 5) is 12.1. The van der Waals surface area contributed by atoms with E-state index in [1.807, 2.05) is 42.5 Å². The second-order valence-electron chi connectivity index (χ2n) is 7.09. The van der Waals surface area contributed by atoms with E-state index in [2.05, 4.69) is 20.8 Å². The number of aryl methyl sites for hydroxylation is 1. The predicted octanol–water partition coefficient (Wildman–Crippen LogP) is 5.69. The SMILES string of the molecule is CCCc1ccc(OC(=O)/C=C/c2ccc(OCCC(C)C)c(OC)c2)cc1. The highest BCUT2D eigenvalue weighted by Crippen LogP contribution is 2.29. The molecular weight excluding hydrogens is 352 g/mol. The lowest BCUT2D eigenvalue weighted by atomic mass is 10.1. The Bertz CT molecular complexity index is 776. The smallest absolute Gasteiger partial charge is 0.336 e. The van der Waals surface area contributed by atoms with Crippen LogP contribution in [0.25, 0.3) is 6.08 Å². The summed E-state index contributed by atoms with van der Waals surface area (Å²) < 4.78 is 16.5. The van der Waals surface area contributed by atoms with E-state index in [0.717, 1.165) is 24.8 Å². The maximum absolute atomic E-state index is 12.1. The highest BCUT2D eigenvalue weighted by atomic mass is 16.5. The lowest BCUT2D eigenvalue weighted by Crippen LogP contribution is -2.04. The van der Waals surface area contributed by atoms with Gasteiger partial charge in [0.15, 0.2) is 11.5 Å². The number of carbonyl (C=O) groups is 1. The summed E-state index contributed by atoms with van der Waals surface area (Å²) in [6, 6.07) is 13.2. The fourth-order valence-electron chi connectivity index (χ4n) is 2.64. The highest BCUT2D eigenvalue weighted by Gasteiger charge is 2.06. The Balaban J connectivity index is 1.95. The molecule has 28 heavy (non-hydrogen) atoms. The molecule has 4 heteroatoms. The van der Waals surface area contributed by atoms with Crippen molar-refractivity contribution in [1.82, 2.24) is 0 Å². The maximum Gasteiger partial charge on any atom is 0.336 e. The molecule has 150 valence electrons. The molecule has 0 bridgehead atoms. The zero-order valence-electron chi connectivity index (χ0n) is 17.2. The van der Waals surface area contributed by atoms with Gasteiger partial charge in [0, 0.05) is 6.08 Å². The zero-order chi connectivity index (χ0) is 20.4. The number of benzene rings is 2. The number of hydrogen-bond acceptors (Lipinski definition) is 4. The van der Waals surface area contributed by atoms with Crippen molar-refractivity contribution in [1.29, 1.82) is 0 Å². The van der Waals surface area contributed by atoms with Gasteiger partial charge in [-0.1, -0.05) is 45.4 Å². The molecule has 0 saturated heterocycles. The van der Waals surface area contributed by atoms with Crippen LogP contribution in [0, 0.1) is 5.92 Å². The van der Waals surface area contributed by atoms with Gasteiger partial charge in [-0.2, -0.15) is 0 Å². The second kappa shape index (κ2) is 11.2. The van der Waals surface area contributed by atoms with E-state index in [4.69, 9.17) is 14.2 Å². The number of rotatable bonds is 10. The summed E-state index contributed by atoms with van der Waals surface area (Å²) in [6.07, 6.45) is 6.21. The van der Waals surface area contributed by atoms with E-state index >= 15 is 0 Å². The summed E-state index contributed by atoms with van der Waals surface area (Å²) in [5, 5.41) is 0. The lowest BCUT2D eigenvalue weighted by Gasteiger charge is -2.12. The molecule has 0 heterocycles. The van der Waals surface area contributed by atoms with Crippen molar-refractivity contribution in [3.63, 3.8) is 0 Å². The van der Waals surface area contributed by atoms with Gasteiger partial charge in [0.2, 0.25) is 0 Å². The molecule has 2 aromatic carbocycles. The van der Waals surface area contributed by atoms with Crippen molar-refractivity contribution in [2.75, 3.05) is 13.7 Å². The van der Waals surface area contributed by atoms with Gasteiger partial charge >= 0.3 is 5.97 Å². The van der Waals surface area contributed by atoms with Gasteiger partial charge in [-0.25, -0.2) is 4.79 Å². The van der Waals surface area contributed by atoms with Gasteiger partial charge in [-0.05, 0) is 60.2 Å². The molecule has 0 aliphatic heterocycles. The molecule has 4 nitrogen and oxygen atoms in total. The average molecular weight is 383 g/mol. The summed E-state index contributed by atoms with van der Waals surface area (Å²) >= 11 is 0. The Kier molecular flexibility index (Phi) is 8.60. The van der Waals surface area contributed by atoms with Gasteiger partial charge in [0.25, 0.3) is 0 Å². The van der Waals surface area contributed by atoms with E-state index in [0.29, 0.717) is 29.8 Å². The first kappa shape index (κ1) is 21.5. The van der Waals surface area contributed by atoms with E-state index in [1.54, 1.807) is 13.2 Å². The molecule has 0 N–H and O–H groups in total. The van der Waals surface area contributed by atoms with Gasteiger partial charge in [-0.3, -0.25) is 0 Å². The molecule has 0 aromatic heterocycles. The molecule has 0 radical (unpaired) electrons. The summed E-state index contributed by atoms with van der Waals surface area (Å²) in [5.41, 5.74) is 2.07. The van der Waals surface area contributed by atoms with Crippen molar-refractivity contribution in [2.24, 2.45) is 5.92 Å². The van der Waals surface area contributed by atoms with Crippen LogP contribution in [0.5, 0.6) is 17.2 Å². The Morgan fingerprint density at radius 2 is 1.82 bits per heavy atom. The third-order valence-electron chi connectivity index (χ3n) is 4.23. The van der Waals surface area contributed by atoms with Crippen molar-refractivity contribution in [3.8, 4) is 17.2 Å². The summed E-state index contributed by atoms with van der Waals surface area (Å²) in [7, 11) is 1.61. The highest BCUT2D eigenvalue weighted by molar-refractivity contribution is 5.88. The Hall–Kier alpha value is -2.75. The first-order valence-electron chi connectivity index (χ1n) is 9.81. The molecule has 0 spiro atoms. The van der Waals surface area contributed by atoms with Gasteiger partial charge in [-0.15, -0.1) is 0 Å². The number of methoxy groups -OCH3 is 1.